The van der Waals surface area contributed by atoms with E-state index in [1.165, 1.54) is 59.1 Å². The molecule has 21 heavy (non-hydrogen) atoms. The molecule has 0 bridgehead atoms. The lowest BCUT2D eigenvalue weighted by Crippen LogP contribution is -2.05. The van der Waals surface area contributed by atoms with Crippen LogP contribution in [-0.2, 0) is 0 Å². The van der Waals surface area contributed by atoms with Gasteiger partial charge in [0.25, 0.3) is 0 Å². The third-order valence-electron chi connectivity index (χ3n) is 4.86. The van der Waals surface area contributed by atoms with Gasteiger partial charge in [0.2, 0.25) is 0 Å². The number of nitrogens with zero attached hydrogens (tertiary/aromatic N) is 1. The van der Waals surface area contributed by atoms with E-state index in [-0.39, 0.29) is 0 Å². The van der Waals surface area contributed by atoms with Crippen molar-refractivity contribution in [1.82, 2.24) is 4.98 Å². The number of hydrogen-bond acceptors (Lipinski definition) is 2. The van der Waals surface area contributed by atoms with Crippen molar-refractivity contribution in [2.45, 2.75) is 58.8 Å². The number of nitrogens with one attached hydrogen (secondary N) is 1. The maximum absolute atomic E-state index is 5.05. The van der Waals surface area contributed by atoms with Crippen LogP contribution in [0, 0.1) is 13.8 Å². The van der Waals surface area contributed by atoms with Gasteiger partial charge in [0.05, 0.1) is 5.52 Å². The maximum atomic E-state index is 5.05. The van der Waals surface area contributed by atoms with Crippen molar-refractivity contribution in [3.8, 4) is 0 Å². The quantitative estimate of drug-likeness (QED) is 0.819. The van der Waals surface area contributed by atoms with Crippen LogP contribution in [-0.4, -0.2) is 11.5 Å². The van der Waals surface area contributed by atoms with Gasteiger partial charge in [-0.25, -0.2) is 0 Å². The van der Waals surface area contributed by atoms with Gasteiger partial charge in [0.1, 0.15) is 0 Å². The van der Waals surface area contributed by atoms with E-state index >= 15 is 0 Å². The molecule has 3 rings (SSSR count). The molecule has 1 fully saturated rings. The van der Waals surface area contributed by atoms with Crippen LogP contribution >= 0.6 is 0 Å². The lowest BCUT2D eigenvalue weighted by Gasteiger charge is -2.16. The molecule has 2 nitrogen and oxygen atoms in total. The van der Waals surface area contributed by atoms with E-state index in [4.69, 9.17) is 4.98 Å². The van der Waals surface area contributed by atoms with Gasteiger partial charge >= 0.3 is 0 Å². The van der Waals surface area contributed by atoms with Crippen molar-refractivity contribution in [2.75, 3.05) is 11.9 Å². The Balaban J connectivity index is 2.14. The molecular weight excluding hydrogens is 256 g/mol. The van der Waals surface area contributed by atoms with Crippen molar-refractivity contribution in [2.24, 2.45) is 0 Å². The van der Waals surface area contributed by atoms with Gasteiger partial charge in [-0.2, -0.15) is 0 Å². The van der Waals surface area contributed by atoms with Crippen molar-refractivity contribution >= 4 is 16.6 Å². The Hall–Kier alpha value is -1.57. The highest BCUT2D eigenvalue weighted by molar-refractivity contribution is 5.94. The summed E-state index contributed by atoms with van der Waals surface area (Å²) in [6, 6.07) is 6.75. The fourth-order valence-corrected chi connectivity index (χ4v) is 3.39. The van der Waals surface area contributed by atoms with Gasteiger partial charge in [-0.1, -0.05) is 31.9 Å². The minimum absolute atomic E-state index is 0.663. The van der Waals surface area contributed by atoms with Crippen molar-refractivity contribution in [3.05, 3.63) is 35.0 Å². The van der Waals surface area contributed by atoms with Gasteiger partial charge in [-0.3, -0.25) is 4.98 Å². The highest BCUT2D eigenvalue weighted by atomic mass is 14.9. The van der Waals surface area contributed by atoms with Gasteiger partial charge in [-0.15, -0.1) is 0 Å². The number of benzene rings is 1. The average Bonchev–Trinajstić information content (AvgIpc) is 3.03. The molecule has 0 saturated heterocycles. The van der Waals surface area contributed by atoms with Crippen LogP contribution in [0.2, 0.25) is 0 Å². The fraction of sp³-hybridized carbons (Fsp3) is 0.526. The SMILES string of the molecule is CCCNc1cc(C2CCCC2)nc2c(C)c(C)ccc12. The Morgan fingerprint density at radius 3 is 2.67 bits per heavy atom. The molecule has 1 aromatic heterocycles. The minimum Gasteiger partial charge on any atom is -0.384 e. The number of hydrogen-bond donors (Lipinski definition) is 1. The number of pyridine rings is 1. The zero-order valence-corrected chi connectivity index (χ0v) is 13.5. The van der Waals surface area contributed by atoms with E-state index in [1.807, 2.05) is 0 Å². The van der Waals surface area contributed by atoms with Crippen LogP contribution < -0.4 is 5.32 Å². The van der Waals surface area contributed by atoms with Crippen molar-refractivity contribution in [1.29, 1.82) is 0 Å². The second kappa shape index (κ2) is 6.05. The summed E-state index contributed by atoms with van der Waals surface area (Å²) in [5.41, 5.74) is 6.42. The van der Waals surface area contributed by atoms with E-state index < -0.39 is 0 Å². The first-order chi connectivity index (χ1) is 10.2. The third-order valence-corrected chi connectivity index (χ3v) is 4.86. The summed E-state index contributed by atoms with van der Waals surface area (Å²) in [6.07, 6.45) is 6.46. The molecule has 2 aromatic rings. The van der Waals surface area contributed by atoms with Crippen LogP contribution in [0.3, 0.4) is 0 Å². The summed E-state index contributed by atoms with van der Waals surface area (Å²) >= 11 is 0. The second-order valence-corrected chi connectivity index (χ2v) is 6.41. The maximum Gasteiger partial charge on any atom is 0.0757 e. The number of anilines is 1. The molecule has 0 aliphatic heterocycles. The molecule has 0 amide bonds. The average molecular weight is 282 g/mol. The van der Waals surface area contributed by atoms with Gasteiger partial charge < -0.3 is 5.32 Å². The Bertz CT molecular complexity index is 640. The Morgan fingerprint density at radius 2 is 1.95 bits per heavy atom. The normalized spacial score (nSPS) is 15.8. The van der Waals surface area contributed by atoms with Crippen LogP contribution in [0.15, 0.2) is 18.2 Å². The van der Waals surface area contributed by atoms with Crippen LogP contribution in [0.5, 0.6) is 0 Å². The number of aromatic nitrogens is 1. The molecule has 2 heteroatoms. The minimum atomic E-state index is 0.663. The largest absolute Gasteiger partial charge is 0.384 e. The summed E-state index contributed by atoms with van der Waals surface area (Å²) in [5, 5.41) is 4.88. The summed E-state index contributed by atoms with van der Waals surface area (Å²) < 4.78 is 0. The molecule has 1 saturated carbocycles. The summed E-state index contributed by atoms with van der Waals surface area (Å²) in [4.78, 5) is 5.05. The Labute approximate surface area is 128 Å². The fourth-order valence-electron chi connectivity index (χ4n) is 3.39. The molecule has 1 heterocycles. The Morgan fingerprint density at radius 1 is 1.19 bits per heavy atom. The summed E-state index contributed by atoms with van der Waals surface area (Å²) in [7, 11) is 0. The summed E-state index contributed by atoms with van der Waals surface area (Å²) in [5.74, 6) is 0.663. The molecule has 0 radical (unpaired) electrons. The standard InChI is InChI=1S/C19H26N2/c1-4-11-20-18-12-17(15-7-5-6-8-15)21-19-14(3)13(2)9-10-16(18)19/h9-10,12,15H,4-8,11H2,1-3H3,(H,20,21). The topological polar surface area (TPSA) is 24.9 Å². The molecule has 1 aliphatic carbocycles. The van der Waals surface area contributed by atoms with Gasteiger partial charge in [0, 0.05) is 29.2 Å². The van der Waals surface area contributed by atoms with Crippen molar-refractivity contribution < 1.29 is 0 Å². The molecular formula is C19H26N2. The first-order valence-electron chi connectivity index (χ1n) is 8.35. The number of rotatable bonds is 4. The molecule has 0 spiro atoms. The molecule has 1 N–H and O–H groups in total. The zero-order valence-electron chi connectivity index (χ0n) is 13.5. The zero-order chi connectivity index (χ0) is 14.8. The first kappa shape index (κ1) is 14.4. The molecule has 0 atom stereocenters. The molecule has 1 aliphatic rings. The predicted molar refractivity (Wildman–Crippen MR) is 91.2 cm³/mol. The highest BCUT2D eigenvalue weighted by Gasteiger charge is 2.20. The molecule has 112 valence electrons. The summed E-state index contributed by atoms with van der Waals surface area (Å²) in [6.45, 7) is 7.62. The van der Waals surface area contributed by atoms with Crippen LogP contribution in [0.1, 0.15) is 61.8 Å². The van der Waals surface area contributed by atoms with E-state index in [1.54, 1.807) is 0 Å². The van der Waals surface area contributed by atoms with E-state index in [2.05, 4.69) is 44.3 Å². The van der Waals surface area contributed by atoms with E-state index in [0.29, 0.717) is 5.92 Å². The number of aryl methyl sites for hydroxylation is 2. The van der Waals surface area contributed by atoms with Crippen molar-refractivity contribution in [3.63, 3.8) is 0 Å². The lowest BCUT2D eigenvalue weighted by atomic mass is 9.98. The van der Waals surface area contributed by atoms with E-state index in [0.717, 1.165) is 13.0 Å². The Kier molecular flexibility index (Phi) is 4.14. The molecule has 0 unspecified atom stereocenters. The smallest absolute Gasteiger partial charge is 0.0757 e. The third kappa shape index (κ3) is 2.76. The van der Waals surface area contributed by atoms with Gasteiger partial charge in [-0.05, 0) is 50.3 Å². The molecule has 1 aromatic carbocycles. The van der Waals surface area contributed by atoms with Crippen LogP contribution in [0.25, 0.3) is 10.9 Å². The first-order valence-corrected chi connectivity index (χ1v) is 8.35. The van der Waals surface area contributed by atoms with Gasteiger partial charge in [0.15, 0.2) is 0 Å². The van der Waals surface area contributed by atoms with E-state index in [9.17, 15) is 0 Å². The monoisotopic (exact) mass is 282 g/mol. The second-order valence-electron chi connectivity index (χ2n) is 6.41. The number of fused-ring (bicyclic) bond motifs is 1. The lowest BCUT2D eigenvalue weighted by molar-refractivity contribution is 0.701. The predicted octanol–water partition coefficient (Wildman–Crippen LogP) is 5.33. The van der Waals surface area contributed by atoms with Crippen LogP contribution in [0.4, 0.5) is 5.69 Å². The highest BCUT2D eigenvalue weighted by Crippen LogP contribution is 2.36.